The minimum Gasteiger partial charge on any atom is -0.497 e. The lowest BCUT2D eigenvalue weighted by atomic mass is 10.1. The average Bonchev–Trinajstić information content (AvgIpc) is 2.71. The molecule has 1 aliphatic rings. The Balaban J connectivity index is 1.85. The predicted molar refractivity (Wildman–Crippen MR) is 101 cm³/mol. The molecule has 0 bridgehead atoms. The number of pyridine rings is 1. The molecule has 0 spiro atoms. The summed E-state index contributed by atoms with van der Waals surface area (Å²) in [6, 6.07) is 8.83. The Bertz CT molecular complexity index is 839. The van der Waals surface area contributed by atoms with Crippen molar-refractivity contribution >= 4 is 23.3 Å². The van der Waals surface area contributed by atoms with Gasteiger partial charge in [0.2, 0.25) is 0 Å². The van der Waals surface area contributed by atoms with Crippen LogP contribution in [0.5, 0.6) is 11.5 Å². The van der Waals surface area contributed by atoms with E-state index in [-0.39, 0.29) is 6.03 Å². The molecule has 6 nitrogen and oxygen atoms in total. The number of aryl methyl sites for hydroxylation is 1. The van der Waals surface area contributed by atoms with Gasteiger partial charge >= 0.3 is 6.03 Å². The van der Waals surface area contributed by atoms with E-state index in [1.807, 2.05) is 32.0 Å². The van der Waals surface area contributed by atoms with Gasteiger partial charge in [0.25, 0.3) is 0 Å². The number of benzene rings is 1. The molecule has 7 heteroatoms. The minimum atomic E-state index is -0.539. The van der Waals surface area contributed by atoms with Crippen LogP contribution in [-0.2, 0) is 6.54 Å². The fourth-order valence-corrected chi connectivity index (χ4v) is 3.13. The van der Waals surface area contributed by atoms with E-state index in [1.54, 1.807) is 31.1 Å². The molecular formula is C19H22ClN3O3. The lowest BCUT2D eigenvalue weighted by molar-refractivity contribution is 0.0833. The number of carbonyl (C=O) groups is 1. The van der Waals surface area contributed by atoms with Gasteiger partial charge in [-0.1, -0.05) is 11.6 Å². The first-order valence-corrected chi connectivity index (χ1v) is 8.70. The maximum absolute atomic E-state index is 12.9. The number of anilines is 1. The van der Waals surface area contributed by atoms with Gasteiger partial charge < -0.3 is 19.7 Å². The molecule has 0 aliphatic carbocycles. The Hall–Kier alpha value is -2.47. The van der Waals surface area contributed by atoms with Crippen molar-refractivity contribution in [3.05, 3.63) is 46.7 Å². The number of amides is 2. The molecule has 0 radical (unpaired) electrons. The molecule has 1 N–H and O–H groups in total. The number of hydrogen-bond donors (Lipinski definition) is 1. The van der Waals surface area contributed by atoms with Gasteiger partial charge in [0, 0.05) is 11.6 Å². The Labute approximate surface area is 158 Å². The first-order chi connectivity index (χ1) is 12.3. The van der Waals surface area contributed by atoms with Crippen molar-refractivity contribution in [2.45, 2.75) is 32.9 Å². The maximum Gasteiger partial charge on any atom is 0.322 e. The highest BCUT2D eigenvalue weighted by atomic mass is 35.5. The molecule has 1 aliphatic heterocycles. The van der Waals surface area contributed by atoms with E-state index in [0.29, 0.717) is 29.6 Å². The van der Waals surface area contributed by atoms with Crippen LogP contribution in [-0.4, -0.2) is 35.2 Å². The zero-order valence-corrected chi connectivity index (χ0v) is 16.1. The van der Waals surface area contributed by atoms with E-state index in [4.69, 9.17) is 21.1 Å². The van der Waals surface area contributed by atoms with Crippen LogP contribution in [0.4, 0.5) is 10.5 Å². The van der Waals surface area contributed by atoms with Crippen molar-refractivity contribution < 1.29 is 14.3 Å². The number of nitrogens with one attached hydrogen (secondary N) is 1. The molecule has 138 valence electrons. The zero-order valence-electron chi connectivity index (χ0n) is 15.3. The summed E-state index contributed by atoms with van der Waals surface area (Å²) in [5, 5.41) is 3.31. The van der Waals surface area contributed by atoms with Crippen molar-refractivity contribution in [1.29, 1.82) is 0 Å². The van der Waals surface area contributed by atoms with Crippen molar-refractivity contribution in [2.24, 2.45) is 0 Å². The number of nitrogens with zero attached hydrogens (tertiary/aromatic N) is 2. The number of urea groups is 1. The molecule has 0 unspecified atom stereocenters. The van der Waals surface area contributed by atoms with E-state index in [9.17, 15) is 4.79 Å². The molecule has 2 aromatic rings. The van der Waals surface area contributed by atoms with Gasteiger partial charge in [-0.25, -0.2) is 9.78 Å². The fraction of sp³-hybridized carbons (Fsp3) is 0.368. The topological polar surface area (TPSA) is 63.7 Å². The number of carbonyl (C=O) groups excluding carboxylic acids is 1. The zero-order chi connectivity index (χ0) is 18.9. The maximum atomic E-state index is 12.9. The molecule has 0 saturated heterocycles. The standard InChI is InChI=1S/C19H22ClN3O3/c1-12-15(7-8-17(20)21-12)22-18(24)23-10-13-5-6-14(25-4)9-16(13)26-19(2,3)11-23/h5-9H,10-11H2,1-4H3,(H,22,24). The average molecular weight is 376 g/mol. The second kappa shape index (κ2) is 7.03. The molecule has 1 aromatic carbocycles. The highest BCUT2D eigenvalue weighted by molar-refractivity contribution is 6.29. The van der Waals surface area contributed by atoms with E-state index in [2.05, 4.69) is 10.3 Å². The molecule has 0 fully saturated rings. The van der Waals surface area contributed by atoms with Gasteiger partial charge in [-0.05, 0) is 45.0 Å². The lowest BCUT2D eigenvalue weighted by Gasteiger charge is -2.29. The summed E-state index contributed by atoms with van der Waals surface area (Å²) in [5.74, 6) is 1.45. The highest BCUT2D eigenvalue weighted by Gasteiger charge is 2.32. The van der Waals surface area contributed by atoms with Gasteiger partial charge in [0.1, 0.15) is 22.3 Å². The Morgan fingerprint density at radius 1 is 1.35 bits per heavy atom. The van der Waals surface area contributed by atoms with Crippen molar-refractivity contribution in [3.63, 3.8) is 0 Å². The van der Waals surface area contributed by atoms with Gasteiger partial charge in [-0.15, -0.1) is 0 Å². The third kappa shape index (κ3) is 4.02. The summed E-state index contributed by atoms with van der Waals surface area (Å²) in [7, 11) is 1.62. The fourth-order valence-electron chi connectivity index (χ4n) is 2.94. The third-order valence-corrected chi connectivity index (χ3v) is 4.38. The van der Waals surface area contributed by atoms with E-state index in [0.717, 1.165) is 17.1 Å². The van der Waals surface area contributed by atoms with Gasteiger partial charge in [0.15, 0.2) is 0 Å². The smallest absolute Gasteiger partial charge is 0.322 e. The summed E-state index contributed by atoms with van der Waals surface area (Å²) in [4.78, 5) is 18.7. The van der Waals surface area contributed by atoms with E-state index < -0.39 is 5.60 Å². The molecule has 2 amide bonds. The highest BCUT2D eigenvalue weighted by Crippen LogP contribution is 2.33. The predicted octanol–water partition coefficient (Wildman–Crippen LogP) is 4.26. The van der Waals surface area contributed by atoms with Crippen LogP contribution in [0.2, 0.25) is 5.15 Å². The van der Waals surface area contributed by atoms with Crippen molar-refractivity contribution in [3.8, 4) is 11.5 Å². The molecule has 0 saturated carbocycles. The number of halogens is 1. The van der Waals surface area contributed by atoms with Crippen LogP contribution in [0, 0.1) is 6.92 Å². The second-order valence-electron chi connectivity index (χ2n) is 6.89. The van der Waals surface area contributed by atoms with Gasteiger partial charge in [-0.2, -0.15) is 0 Å². The molecule has 0 atom stereocenters. The quantitative estimate of drug-likeness (QED) is 0.797. The number of ether oxygens (including phenoxy) is 2. The summed E-state index contributed by atoms with van der Waals surface area (Å²) in [5.41, 5.74) is 1.69. The number of methoxy groups -OCH3 is 1. The number of aromatic nitrogens is 1. The molecule has 3 rings (SSSR count). The largest absolute Gasteiger partial charge is 0.497 e. The molecular weight excluding hydrogens is 354 g/mol. The van der Waals surface area contributed by atoms with Crippen LogP contribution in [0.3, 0.4) is 0 Å². The van der Waals surface area contributed by atoms with Crippen molar-refractivity contribution in [1.82, 2.24) is 9.88 Å². The summed E-state index contributed by atoms with van der Waals surface area (Å²) in [6.07, 6.45) is 0. The van der Waals surface area contributed by atoms with Gasteiger partial charge in [-0.3, -0.25) is 0 Å². The normalized spacial score (nSPS) is 15.5. The molecule has 2 heterocycles. The summed E-state index contributed by atoms with van der Waals surface area (Å²) >= 11 is 5.88. The minimum absolute atomic E-state index is 0.211. The van der Waals surface area contributed by atoms with Crippen LogP contribution in [0.1, 0.15) is 25.1 Å². The SMILES string of the molecule is COc1ccc2c(c1)OC(C)(C)CN(C(=O)Nc1ccc(Cl)nc1C)C2. The van der Waals surface area contributed by atoms with Gasteiger partial charge in [0.05, 0.1) is 31.6 Å². The third-order valence-electron chi connectivity index (χ3n) is 4.17. The summed E-state index contributed by atoms with van der Waals surface area (Å²) < 4.78 is 11.4. The number of hydrogen-bond acceptors (Lipinski definition) is 4. The van der Waals surface area contributed by atoms with Crippen LogP contribution < -0.4 is 14.8 Å². The van der Waals surface area contributed by atoms with Crippen LogP contribution in [0.25, 0.3) is 0 Å². The summed E-state index contributed by atoms with van der Waals surface area (Å²) in [6.45, 7) is 6.59. The second-order valence-corrected chi connectivity index (χ2v) is 7.28. The number of fused-ring (bicyclic) bond motifs is 1. The van der Waals surface area contributed by atoms with E-state index in [1.165, 1.54) is 0 Å². The van der Waals surface area contributed by atoms with Crippen LogP contribution >= 0.6 is 11.6 Å². The number of rotatable bonds is 2. The Kier molecular flexibility index (Phi) is 4.96. The molecule has 26 heavy (non-hydrogen) atoms. The van der Waals surface area contributed by atoms with E-state index >= 15 is 0 Å². The first kappa shape index (κ1) is 18.3. The lowest BCUT2D eigenvalue weighted by Crippen LogP contribution is -2.44. The monoisotopic (exact) mass is 375 g/mol. The first-order valence-electron chi connectivity index (χ1n) is 8.32. The van der Waals surface area contributed by atoms with Crippen LogP contribution in [0.15, 0.2) is 30.3 Å². The Morgan fingerprint density at radius 3 is 2.81 bits per heavy atom. The van der Waals surface area contributed by atoms with Crippen molar-refractivity contribution in [2.75, 3.05) is 19.0 Å². The Morgan fingerprint density at radius 2 is 2.12 bits per heavy atom. The molecule has 1 aromatic heterocycles.